The molecule has 1 aliphatic carbocycles. The molecule has 0 radical (unpaired) electrons. The predicted octanol–water partition coefficient (Wildman–Crippen LogP) is 4.02. The average Bonchev–Trinajstić information content (AvgIpc) is 3.06. The van der Waals surface area contributed by atoms with Crippen LogP contribution >= 0.6 is 11.3 Å². The highest BCUT2D eigenvalue weighted by molar-refractivity contribution is 7.10. The van der Waals surface area contributed by atoms with E-state index in [-0.39, 0.29) is 11.9 Å². The molecule has 0 spiro atoms. The molecule has 1 aliphatic rings. The number of fused-ring (bicyclic) bond motifs is 1. The average molecular weight is 297 g/mol. The van der Waals surface area contributed by atoms with Gasteiger partial charge in [0.25, 0.3) is 0 Å². The van der Waals surface area contributed by atoms with Crippen LogP contribution < -0.4 is 5.32 Å². The first-order valence-electron chi connectivity index (χ1n) is 7.36. The molecule has 1 aromatic carbocycles. The zero-order chi connectivity index (χ0) is 14.7. The lowest BCUT2D eigenvalue weighted by atomic mass is 9.89. The van der Waals surface area contributed by atoms with Crippen molar-refractivity contribution < 1.29 is 4.79 Å². The molecule has 1 heterocycles. The number of aryl methyl sites for hydroxylation is 2. The summed E-state index contributed by atoms with van der Waals surface area (Å²) in [5, 5.41) is 5.09. The molecule has 21 heavy (non-hydrogen) atoms. The van der Waals surface area contributed by atoms with Gasteiger partial charge in [0, 0.05) is 4.88 Å². The molecular formula is C18H19NOS. The minimum absolute atomic E-state index is 0.0808. The number of amides is 1. The van der Waals surface area contributed by atoms with Crippen molar-refractivity contribution in [3.05, 3.63) is 69.9 Å². The SMILES string of the molecule is C=CC(=O)NC(c1ccc2c(c1)CCCC2)c1cccs1. The lowest BCUT2D eigenvalue weighted by Gasteiger charge is -2.21. The Labute approximate surface area is 129 Å². The number of benzene rings is 1. The van der Waals surface area contributed by atoms with E-state index in [1.54, 1.807) is 11.3 Å². The molecular weight excluding hydrogens is 278 g/mol. The predicted molar refractivity (Wildman–Crippen MR) is 87.6 cm³/mol. The van der Waals surface area contributed by atoms with Crippen LogP contribution in [0.25, 0.3) is 0 Å². The Morgan fingerprint density at radius 1 is 1.24 bits per heavy atom. The number of thiophene rings is 1. The van der Waals surface area contributed by atoms with Gasteiger partial charge in [0.2, 0.25) is 5.91 Å². The lowest BCUT2D eigenvalue weighted by molar-refractivity contribution is -0.116. The fraction of sp³-hybridized carbons (Fsp3) is 0.278. The minimum Gasteiger partial charge on any atom is -0.341 e. The van der Waals surface area contributed by atoms with Crippen LogP contribution in [0.5, 0.6) is 0 Å². The molecule has 1 N–H and O–H groups in total. The third-order valence-electron chi connectivity index (χ3n) is 4.01. The van der Waals surface area contributed by atoms with Crippen LogP contribution in [0.4, 0.5) is 0 Å². The highest BCUT2D eigenvalue weighted by atomic mass is 32.1. The molecule has 2 aromatic rings. The third kappa shape index (κ3) is 3.08. The molecule has 0 saturated heterocycles. The Bertz CT molecular complexity index is 645. The third-order valence-corrected chi connectivity index (χ3v) is 4.94. The number of nitrogens with one attached hydrogen (secondary N) is 1. The van der Waals surface area contributed by atoms with Crippen molar-refractivity contribution in [3.63, 3.8) is 0 Å². The van der Waals surface area contributed by atoms with E-state index in [2.05, 4.69) is 36.2 Å². The van der Waals surface area contributed by atoms with Crippen LogP contribution in [0.15, 0.2) is 48.4 Å². The fourth-order valence-corrected chi connectivity index (χ4v) is 3.71. The standard InChI is InChI=1S/C18H19NOS/c1-2-17(20)19-18(16-8-5-11-21-16)15-10-9-13-6-3-4-7-14(13)12-15/h2,5,8-12,18H,1,3-4,6-7H2,(H,19,20). The summed E-state index contributed by atoms with van der Waals surface area (Å²) in [5.74, 6) is -0.133. The van der Waals surface area contributed by atoms with Crippen molar-refractivity contribution in [2.75, 3.05) is 0 Å². The molecule has 1 aromatic heterocycles. The summed E-state index contributed by atoms with van der Waals surface area (Å²) < 4.78 is 0. The van der Waals surface area contributed by atoms with Crippen LogP contribution in [0, 0.1) is 0 Å². The van der Waals surface area contributed by atoms with Crippen LogP contribution in [0.3, 0.4) is 0 Å². The normalized spacial score (nSPS) is 15.0. The minimum atomic E-state index is -0.133. The summed E-state index contributed by atoms with van der Waals surface area (Å²) in [5.41, 5.74) is 4.06. The molecule has 1 amide bonds. The molecule has 3 rings (SSSR count). The smallest absolute Gasteiger partial charge is 0.244 e. The maximum Gasteiger partial charge on any atom is 0.244 e. The monoisotopic (exact) mass is 297 g/mol. The number of hydrogen-bond donors (Lipinski definition) is 1. The molecule has 3 heteroatoms. The van der Waals surface area contributed by atoms with Gasteiger partial charge in [0.1, 0.15) is 0 Å². The van der Waals surface area contributed by atoms with Gasteiger partial charge in [-0.25, -0.2) is 0 Å². The van der Waals surface area contributed by atoms with Gasteiger partial charge in [0.05, 0.1) is 6.04 Å². The topological polar surface area (TPSA) is 29.1 Å². The van der Waals surface area contributed by atoms with Crippen molar-refractivity contribution in [1.29, 1.82) is 0 Å². The van der Waals surface area contributed by atoms with E-state index in [9.17, 15) is 4.79 Å². The largest absolute Gasteiger partial charge is 0.341 e. The van der Waals surface area contributed by atoms with Gasteiger partial charge in [-0.2, -0.15) is 0 Å². The van der Waals surface area contributed by atoms with Crippen molar-refractivity contribution >= 4 is 17.2 Å². The number of carbonyl (C=O) groups is 1. The van der Waals surface area contributed by atoms with Gasteiger partial charge in [-0.3, -0.25) is 4.79 Å². The maximum absolute atomic E-state index is 11.8. The first kappa shape index (κ1) is 14.1. The van der Waals surface area contributed by atoms with Gasteiger partial charge in [-0.15, -0.1) is 11.3 Å². The van der Waals surface area contributed by atoms with Gasteiger partial charge >= 0.3 is 0 Å². The number of carbonyl (C=O) groups excluding carboxylic acids is 1. The summed E-state index contributed by atoms with van der Waals surface area (Å²) in [6, 6.07) is 10.6. The lowest BCUT2D eigenvalue weighted by Crippen LogP contribution is -2.27. The molecule has 2 nitrogen and oxygen atoms in total. The second kappa shape index (κ2) is 6.27. The highest BCUT2D eigenvalue weighted by Crippen LogP contribution is 2.30. The second-order valence-corrected chi connectivity index (χ2v) is 6.38. The Kier molecular flexibility index (Phi) is 4.20. The Balaban J connectivity index is 1.96. The quantitative estimate of drug-likeness (QED) is 0.849. The van der Waals surface area contributed by atoms with E-state index < -0.39 is 0 Å². The Morgan fingerprint density at radius 3 is 2.76 bits per heavy atom. The molecule has 0 fully saturated rings. The Hall–Kier alpha value is -1.87. The molecule has 0 bridgehead atoms. The van der Waals surface area contributed by atoms with Crippen LogP contribution in [-0.4, -0.2) is 5.91 Å². The van der Waals surface area contributed by atoms with Crippen LogP contribution in [0.1, 0.15) is 40.5 Å². The fourth-order valence-electron chi connectivity index (χ4n) is 2.91. The van der Waals surface area contributed by atoms with E-state index in [4.69, 9.17) is 0 Å². The van der Waals surface area contributed by atoms with Crippen molar-refractivity contribution in [2.24, 2.45) is 0 Å². The molecule has 1 unspecified atom stereocenters. The van der Waals surface area contributed by atoms with Gasteiger partial charge < -0.3 is 5.32 Å². The summed E-state index contributed by atoms with van der Waals surface area (Å²) in [6.45, 7) is 3.55. The van der Waals surface area contributed by atoms with Crippen molar-refractivity contribution in [1.82, 2.24) is 5.32 Å². The maximum atomic E-state index is 11.8. The van der Waals surface area contributed by atoms with E-state index in [0.717, 1.165) is 16.9 Å². The van der Waals surface area contributed by atoms with Gasteiger partial charge in [-0.1, -0.05) is 30.8 Å². The summed E-state index contributed by atoms with van der Waals surface area (Å²) >= 11 is 1.67. The van der Waals surface area contributed by atoms with Crippen LogP contribution in [-0.2, 0) is 17.6 Å². The first-order valence-corrected chi connectivity index (χ1v) is 8.24. The van der Waals surface area contributed by atoms with Crippen molar-refractivity contribution in [3.8, 4) is 0 Å². The zero-order valence-electron chi connectivity index (χ0n) is 12.0. The first-order chi connectivity index (χ1) is 10.3. The van der Waals surface area contributed by atoms with Crippen molar-refractivity contribution in [2.45, 2.75) is 31.7 Å². The number of hydrogen-bond acceptors (Lipinski definition) is 2. The molecule has 0 aliphatic heterocycles. The van der Waals surface area contributed by atoms with Gasteiger partial charge in [-0.05, 0) is 59.9 Å². The van der Waals surface area contributed by atoms with E-state index in [1.807, 2.05) is 11.4 Å². The van der Waals surface area contributed by atoms with Crippen LogP contribution in [0.2, 0.25) is 0 Å². The Morgan fingerprint density at radius 2 is 2.05 bits per heavy atom. The summed E-state index contributed by atoms with van der Waals surface area (Å²) in [6.07, 6.45) is 6.21. The second-order valence-electron chi connectivity index (χ2n) is 5.40. The molecule has 108 valence electrons. The summed E-state index contributed by atoms with van der Waals surface area (Å²) in [7, 11) is 0. The zero-order valence-corrected chi connectivity index (χ0v) is 12.8. The molecule has 1 atom stereocenters. The van der Waals surface area contributed by atoms with E-state index >= 15 is 0 Å². The van der Waals surface area contributed by atoms with E-state index in [0.29, 0.717) is 0 Å². The summed E-state index contributed by atoms with van der Waals surface area (Å²) in [4.78, 5) is 12.9. The van der Waals surface area contributed by atoms with Gasteiger partial charge in [0.15, 0.2) is 0 Å². The highest BCUT2D eigenvalue weighted by Gasteiger charge is 2.19. The molecule has 0 saturated carbocycles. The number of rotatable bonds is 4. The van der Waals surface area contributed by atoms with E-state index in [1.165, 1.54) is 36.5 Å².